The maximum atomic E-state index is 10.8. The van der Waals surface area contributed by atoms with Crippen LogP contribution in [-0.2, 0) is 13.6 Å². The number of hydrogen-bond acceptors (Lipinski definition) is 5. The van der Waals surface area contributed by atoms with Gasteiger partial charge in [0, 0.05) is 24.7 Å². The van der Waals surface area contributed by atoms with Gasteiger partial charge in [-0.1, -0.05) is 5.21 Å². The molecule has 0 amide bonds. The predicted octanol–water partition coefficient (Wildman–Crippen LogP) is 1.07. The molecule has 1 aromatic carbocycles. The fourth-order valence-electron chi connectivity index (χ4n) is 1.96. The van der Waals surface area contributed by atoms with E-state index in [9.17, 15) is 10.1 Å². The van der Waals surface area contributed by atoms with Gasteiger partial charge in [-0.05, 0) is 11.6 Å². The fourth-order valence-corrected chi connectivity index (χ4v) is 1.96. The average Bonchev–Trinajstić information content (AvgIpc) is 2.93. The Morgan fingerprint density at radius 1 is 1.44 bits per heavy atom. The van der Waals surface area contributed by atoms with Crippen LogP contribution in [0.5, 0.6) is 0 Å². The van der Waals surface area contributed by atoms with Gasteiger partial charge in [0.2, 0.25) is 0 Å². The molecule has 0 bridgehead atoms. The third kappa shape index (κ3) is 1.56. The van der Waals surface area contributed by atoms with Crippen molar-refractivity contribution in [1.82, 2.24) is 15.0 Å². The number of nitro benzene ring substituents is 1. The van der Waals surface area contributed by atoms with Gasteiger partial charge in [0.15, 0.2) is 0 Å². The predicted molar refractivity (Wildman–Crippen MR) is 63.4 cm³/mol. The minimum Gasteiger partial charge on any atom is -0.278 e. The third-order valence-electron chi connectivity index (χ3n) is 2.81. The van der Waals surface area contributed by atoms with Crippen LogP contribution in [-0.4, -0.2) is 25.6 Å². The number of non-ortho nitro benzene ring substituents is 1. The van der Waals surface area contributed by atoms with Gasteiger partial charge in [0.25, 0.3) is 5.69 Å². The van der Waals surface area contributed by atoms with E-state index in [0.717, 1.165) is 11.1 Å². The molecule has 1 aromatic heterocycles. The Balaban J connectivity index is 2.09. The molecule has 90 valence electrons. The van der Waals surface area contributed by atoms with Crippen molar-refractivity contribution in [1.29, 1.82) is 0 Å². The first-order valence-corrected chi connectivity index (χ1v) is 5.34. The lowest BCUT2D eigenvalue weighted by atomic mass is 10.0. The van der Waals surface area contributed by atoms with Crippen molar-refractivity contribution in [2.75, 3.05) is 0 Å². The molecule has 0 spiro atoms. The van der Waals surface area contributed by atoms with E-state index in [0.29, 0.717) is 18.0 Å². The molecule has 0 N–H and O–H groups in total. The molecule has 7 nitrogen and oxygen atoms in total. The van der Waals surface area contributed by atoms with E-state index in [1.807, 2.05) is 0 Å². The largest absolute Gasteiger partial charge is 0.278 e. The van der Waals surface area contributed by atoms with Crippen molar-refractivity contribution < 1.29 is 4.92 Å². The van der Waals surface area contributed by atoms with Crippen LogP contribution in [0.4, 0.5) is 5.69 Å². The van der Waals surface area contributed by atoms with Gasteiger partial charge in [-0.25, -0.2) is 0 Å². The highest BCUT2D eigenvalue weighted by molar-refractivity contribution is 6.14. The van der Waals surface area contributed by atoms with Crippen molar-refractivity contribution in [3.63, 3.8) is 0 Å². The van der Waals surface area contributed by atoms with Gasteiger partial charge in [-0.2, -0.15) is 0 Å². The fraction of sp³-hybridized carbons (Fsp3) is 0.182. The summed E-state index contributed by atoms with van der Waals surface area (Å²) in [6.45, 7) is 0.527. The van der Waals surface area contributed by atoms with Gasteiger partial charge in [0.1, 0.15) is 5.69 Å². The number of aryl methyl sites for hydroxylation is 1. The normalized spacial score (nSPS) is 13.3. The van der Waals surface area contributed by atoms with Gasteiger partial charge < -0.3 is 0 Å². The molecule has 1 aliphatic rings. The lowest BCUT2D eigenvalue weighted by Crippen LogP contribution is -2.02. The van der Waals surface area contributed by atoms with E-state index in [-0.39, 0.29) is 5.69 Å². The summed E-state index contributed by atoms with van der Waals surface area (Å²) < 4.78 is 1.58. The van der Waals surface area contributed by atoms with E-state index in [1.165, 1.54) is 12.1 Å². The zero-order valence-electron chi connectivity index (χ0n) is 9.57. The summed E-state index contributed by atoms with van der Waals surface area (Å²) in [5.74, 6) is 0. The molecule has 1 aliphatic heterocycles. The van der Waals surface area contributed by atoms with Crippen LogP contribution >= 0.6 is 0 Å². The number of rotatable bonds is 2. The maximum Gasteiger partial charge on any atom is 0.270 e. The number of aliphatic imine (C=N–C) groups is 1. The van der Waals surface area contributed by atoms with Crippen LogP contribution in [0.25, 0.3) is 0 Å². The Morgan fingerprint density at radius 2 is 2.28 bits per heavy atom. The Bertz CT molecular complexity index is 674. The topological polar surface area (TPSA) is 86.2 Å². The van der Waals surface area contributed by atoms with E-state index >= 15 is 0 Å². The summed E-state index contributed by atoms with van der Waals surface area (Å²) in [5, 5.41) is 18.6. The van der Waals surface area contributed by atoms with Gasteiger partial charge >= 0.3 is 0 Å². The summed E-state index contributed by atoms with van der Waals surface area (Å²) in [5.41, 5.74) is 3.11. The summed E-state index contributed by atoms with van der Waals surface area (Å²) in [6.07, 6.45) is 1.74. The Morgan fingerprint density at radius 3 is 2.94 bits per heavy atom. The van der Waals surface area contributed by atoms with E-state index in [1.54, 1.807) is 24.0 Å². The molecule has 18 heavy (non-hydrogen) atoms. The maximum absolute atomic E-state index is 10.8. The molecular formula is C11H9N5O2. The molecule has 0 unspecified atom stereocenters. The molecule has 3 rings (SSSR count). The summed E-state index contributed by atoms with van der Waals surface area (Å²) in [4.78, 5) is 14.7. The zero-order chi connectivity index (χ0) is 12.7. The molecular weight excluding hydrogens is 234 g/mol. The van der Waals surface area contributed by atoms with Crippen LogP contribution in [0.1, 0.15) is 16.8 Å². The number of fused-ring (bicyclic) bond motifs is 1. The molecule has 0 radical (unpaired) electrons. The quantitative estimate of drug-likeness (QED) is 0.583. The smallest absolute Gasteiger partial charge is 0.270 e. The second-order valence-electron chi connectivity index (χ2n) is 4.04. The van der Waals surface area contributed by atoms with Gasteiger partial charge in [-0.3, -0.25) is 19.8 Å². The third-order valence-corrected chi connectivity index (χ3v) is 2.81. The van der Waals surface area contributed by atoms with Crippen molar-refractivity contribution >= 4 is 11.4 Å². The van der Waals surface area contributed by atoms with Crippen molar-refractivity contribution in [2.45, 2.75) is 6.54 Å². The van der Waals surface area contributed by atoms with Crippen LogP contribution in [0, 0.1) is 10.1 Å². The number of aromatic nitrogens is 3. The molecule has 0 fully saturated rings. The number of benzene rings is 1. The standard InChI is InChI=1S/C11H9N5O2/c1-15-6-10(13-14-15)11-9-4-8(16(17)18)3-2-7(9)5-12-11/h2-4,6H,5H2,1H3. The highest BCUT2D eigenvalue weighted by atomic mass is 16.6. The molecule has 0 saturated carbocycles. The van der Waals surface area contributed by atoms with Crippen LogP contribution in [0.3, 0.4) is 0 Å². The number of nitro groups is 1. The first-order chi connectivity index (χ1) is 8.65. The van der Waals surface area contributed by atoms with Crippen molar-refractivity contribution in [3.8, 4) is 0 Å². The summed E-state index contributed by atoms with van der Waals surface area (Å²) >= 11 is 0. The van der Waals surface area contributed by atoms with Crippen LogP contribution in [0.2, 0.25) is 0 Å². The van der Waals surface area contributed by atoms with Crippen LogP contribution < -0.4 is 0 Å². The minimum absolute atomic E-state index is 0.0623. The first-order valence-electron chi connectivity index (χ1n) is 5.34. The molecule has 2 heterocycles. The molecule has 2 aromatic rings. The Labute approximate surface area is 102 Å². The highest BCUT2D eigenvalue weighted by Crippen LogP contribution is 2.26. The van der Waals surface area contributed by atoms with E-state index < -0.39 is 4.92 Å². The van der Waals surface area contributed by atoms with E-state index in [2.05, 4.69) is 15.3 Å². The van der Waals surface area contributed by atoms with Crippen molar-refractivity contribution in [3.05, 3.63) is 51.3 Å². The molecule has 7 heteroatoms. The minimum atomic E-state index is -0.410. The van der Waals surface area contributed by atoms with Gasteiger partial charge in [0.05, 0.1) is 23.4 Å². The SMILES string of the molecule is Cn1cc(C2=NCc3ccc([N+](=O)[O-])cc32)nn1. The van der Waals surface area contributed by atoms with Gasteiger partial charge in [-0.15, -0.1) is 5.10 Å². The zero-order valence-corrected chi connectivity index (χ0v) is 9.57. The number of hydrogen-bond donors (Lipinski definition) is 0. The lowest BCUT2D eigenvalue weighted by Gasteiger charge is -2.00. The Kier molecular flexibility index (Phi) is 2.19. The van der Waals surface area contributed by atoms with Crippen molar-refractivity contribution in [2.24, 2.45) is 12.0 Å². The van der Waals surface area contributed by atoms with E-state index in [4.69, 9.17) is 0 Å². The number of nitrogens with zero attached hydrogens (tertiary/aromatic N) is 5. The molecule has 0 saturated heterocycles. The van der Waals surface area contributed by atoms with Crippen LogP contribution in [0.15, 0.2) is 29.4 Å². The second kappa shape index (κ2) is 3.73. The highest BCUT2D eigenvalue weighted by Gasteiger charge is 2.22. The first kappa shape index (κ1) is 10.6. The Hall–Kier alpha value is -2.57. The summed E-state index contributed by atoms with van der Waals surface area (Å²) in [6, 6.07) is 4.77. The monoisotopic (exact) mass is 243 g/mol. The summed E-state index contributed by atoms with van der Waals surface area (Å²) in [7, 11) is 1.76. The molecule has 0 aliphatic carbocycles. The second-order valence-corrected chi connectivity index (χ2v) is 4.04. The average molecular weight is 243 g/mol. The molecule has 0 atom stereocenters. The lowest BCUT2D eigenvalue weighted by molar-refractivity contribution is -0.384.